The molecule has 4 aromatic rings. The molecule has 0 bridgehead atoms. The number of para-hydroxylation sites is 1. The smallest absolute Gasteiger partial charge is 0.338 e. The van der Waals surface area contributed by atoms with Crippen molar-refractivity contribution < 1.29 is 19.0 Å². The molecule has 1 aliphatic heterocycles. The van der Waals surface area contributed by atoms with Crippen LogP contribution in [0, 0.1) is 5.82 Å². The number of nitrogens with one attached hydrogen (secondary N) is 1. The van der Waals surface area contributed by atoms with E-state index in [-0.39, 0.29) is 36.0 Å². The Hall–Kier alpha value is -3.41. The largest absolute Gasteiger partial charge is 0.490 e. The standard InChI is InChI=1S/C31H30FNO3.ClH/c1-20(24-13-6-9-21-8-2-3-11-25(21)24)33-17-7-10-23-19-27(26-12-4-5-14-30(26)36-23)22-15-16-29(32)28(18-22)31(34)35;/h2-6,8-9,11-16,18,20,23,27,33H,7,10,17,19H2,1H3,(H,34,35);1H/t20-,23+,27-;/m1./s1. The Morgan fingerprint density at radius 3 is 2.65 bits per heavy atom. The molecule has 0 fully saturated rings. The van der Waals surface area contributed by atoms with E-state index in [9.17, 15) is 14.3 Å². The van der Waals surface area contributed by atoms with E-state index < -0.39 is 11.8 Å². The molecule has 0 spiro atoms. The van der Waals surface area contributed by atoms with E-state index in [4.69, 9.17) is 4.74 Å². The van der Waals surface area contributed by atoms with Crippen LogP contribution >= 0.6 is 12.4 Å². The number of ether oxygens (including phenoxy) is 1. The molecule has 4 aromatic carbocycles. The predicted octanol–water partition coefficient (Wildman–Crippen LogP) is 7.51. The number of benzene rings is 4. The van der Waals surface area contributed by atoms with Gasteiger partial charge in [0.1, 0.15) is 11.6 Å². The quantitative estimate of drug-likeness (QED) is 0.236. The Balaban J connectivity index is 0.00000320. The van der Waals surface area contributed by atoms with Gasteiger partial charge >= 0.3 is 5.97 Å². The van der Waals surface area contributed by atoms with E-state index in [1.807, 2.05) is 24.3 Å². The first kappa shape index (κ1) is 26.6. The first-order valence-corrected chi connectivity index (χ1v) is 12.5. The number of aromatic carboxylic acids is 1. The van der Waals surface area contributed by atoms with E-state index in [0.29, 0.717) is 0 Å². The molecule has 0 saturated carbocycles. The molecule has 0 unspecified atom stereocenters. The van der Waals surface area contributed by atoms with E-state index in [1.54, 1.807) is 6.07 Å². The van der Waals surface area contributed by atoms with Gasteiger partial charge in [0.2, 0.25) is 0 Å². The molecule has 0 aromatic heterocycles. The fourth-order valence-corrected chi connectivity index (χ4v) is 5.30. The van der Waals surface area contributed by atoms with E-state index in [1.165, 1.54) is 28.5 Å². The molecular weight excluding hydrogens is 489 g/mol. The summed E-state index contributed by atoms with van der Waals surface area (Å²) < 4.78 is 20.3. The van der Waals surface area contributed by atoms with Gasteiger partial charge in [-0.3, -0.25) is 0 Å². The summed E-state index contributed by atoms with van der Waals surface area (Å²) in [5.41, 5.74) is 2.82. The lowest BCUT2D eigenvalue weighted by Crippen LogP contribution is -2.28. The highest BCUT2D eigenvalue weighted by molar-refractivity contribution is 5.88. The number of hydrogen-bond acceptors (Lipinski definition) is 3. The number of carboxylic acid groups (broad SMARTS) is 1. The van der Waals surface area contributed by atoms with Crippen molar-refractivity contribution in [1.29, 1.82) is 0 Å². The number of hydrogen-bond donors (Lipinski definition) is 2. The molecule has 3 atom stereocenters. The highest BCUT2D eigenvalue weighted by atomic mass is 35.5. The van der Waals surface area contributed by atoms with Gasteiger partial charge < -0.3 is 15.2 Å². The van der Waals surface area contributed by atoms with Gasteiger partial charge in [-0.2, -0.15) is 0 Å². The summed E-state index contributed by atoms with van der Waals surface area (Å²) in [6.45, 7) is 3.05. The van der Waals surface area contributed by atoms with Crippen molar-refractivity contribution >= 4 is 29.1 Å². The number of rotatable bonds is 8. The van der Waals surface area contributed by atoms with E-state index >= 15 is 0 Å². The molecule has 2 N–H and O–H groups in total. The Morgan fingerprint density at radius 1 is 1.05 bits per heavy atom. The molecular formula is C31H31ClFNO3. The van der Waals surface area contributed by atoms with Crippen molar-refractivity contribution in [2.75, 3.05) is 6.54 Å². The van der Waals surface area contributed by atoms with Crippen molar-refractivity contribution in [2.45, 2.75) is 44.2 Å². The molecule has 37 heavy (non-hydrogen) atoms. The maximum Gasteiger partial charge on any atom is 0.338 e. The molecule has 4 nitrogen and oxygen atoms in total. The maximum atomic E-state index is 14.0. The van der Waals surface area contributed by atoms with Crippen molar-refractivity contribution in [3.05, 3.63) is 113 Å². The summed E-state index contributed by atoms with van der Waals surface area (Å²) in [4.78, 5) is 11.5. The summed E-state index contributed by atoms with van der Waals surface area (Å²) in [5.74, 6) is -1.19. The van der Waals surface area contributed by atoms with Crippen molar-refractivity contribution in [1.82, 2.24) is 5.32 Å². The van der Waals surface area contributed by atoms with Gasteiger partial charge in [-0.15, -0.1) is 12.4 Å². The summed E-state index contributed by atoms with van der Waals surface area (Å²) in [5, 5.41) is 15.6. The van der Waals surface area contributed by atoms with Crippen LogP contribution in [0.5, 0.6) is 5.75 Å². The van der Waals surface area contributed by atoms with Gasteiger partial charge in [-0.25, -0.2) is 9.18 Å². The number of carbonyl (C=O) groups is 1. The van der Waals surface area contributed by atoms with Crippen LogP contribution in [0.4, 0.5) is 4.39 Å². The average Bonchev–Trinajstić information content (AvgIpc) is 2.90. The van der Waals surface area contributed by atoms with Crippen LogP contribution in [0.15, 0.2) is 84.9 Å². The normalized spacial score (nSPS) is 17.4. The zero-order valence-electron chi connectivity index (χ0n) is 20.7. The average molecular weight is 520 g/mol. The van der Waals surface area contributed by atoms with Gasteiger partial charge in [0.15, 0.2) is 0 Å². The molecule has 6 heteroatoms. The summed E-state index contributed by atoms with van der Waals surface area (Å²) in [6.07, 6.45) is 2.53. The summed E-state index contributed by atoms with van der Waals surface area (Å²) in [6, 6.07) is 27.4. The van der Waals surface area contributed by atoms with Crippen molar-refractivity contribution in [3.8, 4) is 5.75 Å². The molecule has 1 heterocycles. The van der Waals surface area contributed by atoms with Gasteiger partial charge in [0.05, 0.1) is 11.7 Å². The number of fused-ring (bicyclic) bond motifs is 2. The van der Waals surface area contributed by atoms with Gasteiger partial charge in [-0.05, 0) is 72.8 Å². The first-order valence-electron chi connectivity index (χ1n) is 12.5. The second-order valence-electron chi connectivity index (χ2n) is 9.50. The Morgan fingerprint density at radius 2 is 1.81 bits per heavy atom. The minimum Gasteiger partial charge on any atom is -0.490 e. The lowest BCUT2D eigenvalue weighted by atomic mass is 9.82. The number of carboxylic acids is 1. The van der Waals surface area contributed by atoms with Gasteiger partial charge in [0, 0.05) is 17.5 Å². The summed E-state index contributed by atoms with van der Waals surface area (Å²) in [7, 11) is 0. The van der Waals surface area contributed by atoms with Gasteiger partial charge in [0.25, 0.3) is 0 Å². The van der Waals surface area contributed by atoms with Crippen LogP contribution in [0.1, 0.15) is 65.2 Å². The predicted molar refractivity (Wildman–Crippen MR) is 148 cm³/mol. The SMILES string of the molecule is C[C@@H](NCCC[C@H]1C[C@H](c2ccc(F)c(C(=O)O)c2)c2ccccc2O1)c1cccc2ccccc12.Cl. The van der Waals surface area contributed by atoms with E-state index in [2.05, 4.69) is 54.7 Å². The summed E-state index contributed by atoms with van der Waals surface area (Å²) >= 11 is 0. The third-order valence-corrected chi connectivity index (χ3v) is 7.15. The topological polar surface area (TPSA) is 58.6 Å². The second kappa shape index (κ2) is 11.8. The first-order chi connectivity index (χ1) is 17.5. The fourth-order valence-electron chi connectivity index (χ4n) is 5.30. The van der Waals surface area contributed by atoms with E-state index in [0.717, 1.165) is 42.7 Å². The maximum absolute atomic E-state index is 14.0. The minimum atomic E-state index is -1.25. The highest BCUT2D eigenvalue weighted by Crippen LogP contribution is 2.41. The van der Waals surface area contributed by atoms with Crippen molar-refractivity contribution in [2.24, 2.45) is 0 Å². The van der Waals surface area contributed by atoms with Crippen LogP contribution < -0.4 is 10.1 Å². The third kappa shape index (κ3) is 5.79. The van der Waals surface area contributed by atoms with Crippen molar-refractivity contribution in [3.63, 3.8) is 0 Å². The molecule has 0 radical (unpaired) electrons. The minimum absolute atomic E-state index is 0. The molecule has 0 aliphatic carbocycles. The second-order valence-corrected chi connectivity index (χ2v) is 9.50. The zero-order chi connectivity index (χ0) is 25.1. The van der Waals surface area contributed by atoms with Crippen LogP contribution in [-0.4, -0.2) is 23.7 Å². The Labute approximate surface area is 222 Å². The fraction of sp³-hybridized carbons (Fsp3) is 0.258. The van der Waals surface area contributed by atoms with Crippen LogP contribution in [0.3, 0.4) is 0 Å². The molecule has 0 amide bonds. The molecule has 5 rings (SSSR count). The molecule has 1 aliphatic rings. The molecule has 0 saturated heterocycles. The van der Waals surface area contributed by atoms with Crippen LogP contribution in [0.25, 0.3) is 10.8 Å². The van der Waals surface area contributed by atoms with Crippen LogP contribution in [-0.2, 0) is 0 Å². The Kier molecular flexibility index (Phi) is 8.47. The Bertz CT molecular complexity index is 1390. The lowest BCUT2D eigenvalue weighted by molar-refractivity contribution is 0.0691. The highest BCUT2D eigenvalue weighted by Gasteiger charge is 2.30. The van der Waals surface area contributed by atoms with Gasteiger partial charge in [-0.1, -0.05) is 66.7 Å². The zero-order valence-corrected chi connectivity index (χ0v) is 21.5. The lowest BCUT2D eigenvalue weighted by Gasteiger charge is -2.33. The number of halogens is 2. The monoisotopic (exact) mass is 519 g/mol. The third-order valence-electron chi connectivity index (χ3n) is 7.15. The van der Waals surface area contributed by atoms with Crippen LogP contribution in [0.2, 0.25) is 0 Å². The molecule has 192 valence electrons.